The molecule has 0 aliphatic rings. The Morgan fingerprint density at radius 2 is 1.89 bits per heavy atom. The van der Waals surface area contributed by atoms with Crippen molar-refractivity contribution in [3.63, 3.8) is 0 Å². The molecule has 0 aliphatic carbocycles. The van der Waals surface area contributed by atoms with Gasteiger partial charge < -0.3 is 11.1 Å². The van der Waals surface area contributed by atoms with Crippen LogP contribution in [-0.2, 0) is 6.54 Å². The summed E-state index contributed by atoms with van der Waals surface area (Å²) < 4.78 is 0. The second-order valence-electron chi connectivity index (χ2n) is 4.38. The zero-order valence-electron chi connectivity index (χ0n) is 10.6. The molecule has 4 heteroatoms. The summed E-state index contributed by atoms with van der Waals surface area (Å²) in [5, 5.41) is 3.56. The first-order chi connectivity index (χ1) is 9.06. The molecule has 0 saturated heterocycles. The number of nitrogens with two attached hydrogens (primary N) is 1. The van der Waals surface area contributed by atoms with Crippen molar-refractivity contribution in [2.45, 2.75) is 13.5 Å². The lowest BCUT2D eigenvalue weighted by Gasteiger charge is -2.08. The van der Waals surface area contributed by atoms with Gasteiger partial charge in [-0.05, 0) is 48.4 Å². The van der Waals surface area contributed by atoms with Crippen molar-refractivity contribution in [3.05, 3.63) is 64.2 Å². The predicted molar refractivity (Wildman–Crippen MR) is 78.2 cm³/mol. The molecule has 0 saturated carbocycles. The average Bonchev–Trinajstić information content (AvgIpc) is 2.37. The normalized spacial score (nSPS) is 10.2. The van der Waals surface area contributed by atoms with Gasteiger partial charge in [0.1, 0.15) is 0 Å². The summed E-state index contributed by atoms with van der Waals surface area (Å²) in [5.74, 6) is -0.104. The van der Waals surface area contributed by atoms with Gasteiger partial charge >= 0.3 is 0 Å². The lowest BCUT2D eigenvalue weighted by Crippen LogP contribution is -2.23. The van der Waals surface area contributed by atoms with Crippen LogP contribution in [0.3, 0.4) is 0 Å². The molecule has 98 valence electrons. The number of hydrogen-bond acceptors (Lipinski definition) is 2. The molecule has 0 radical (unpaired) electrons. The van der Waals surface area contributed by atoms with Gasteiger partial charge in [-0.2, -0.15) is 0 Å². The van der Waals surface area contributed by atoms with Gasteiger partial charge in [0, 0.05) is 22.8 Å². The van der Waals surface area contributed by atoms with Crippen LogP contribution < -0.4 is 11.1 Å². The minimum atomic E-state index is -0.104. The lowest BCUT2D eigenvalue weighted by atomic mass is 10.1. The Morgan fingerprint density at radius 1 is 1.21 bits per heavy atom. The summed E-state index contributed by atoms with van der Waals surface area (Å²) in [7, 11) is 0. The van der Waals surface area contributed by atoms with Crippen LogP contribution in [0.5, 0.6) is 0 Å². The minimum absolute atomic E-state index is 0.104. The highest BCUT2D eigenvalue weighted by molar-refractivity contribution is 6.30. The Morgan fingerprint density at radius 3 is 2.53 bits per heavy atom. The van der Waals surface area contributed by atoms with Gasteiger partial charge in [-0.1, -0.05) is 23.7 Å². The van der Waals surface area contributed by atoms with Gasteiger partial charge in [0.2, 0.25) is 0 Å². The minimum Gasteiger partial charge on any atom is -0.399 e. The van der Waals surface area contributed by atoms with Crippen LogP contribution in [0.25, 0.3) is 0 Å². The Hall–Kier alpha value is -2.00. The van der Waals surface area contributed by atoms with E-state index in [0.29, 0.717) is 22.8 Å². The molecule has 2 aromatic carbocycles. The van der Waals surface area contributed by atoms with E-state index >= 15 is 0 Å². The molecule has 3 N–H and O–H groups in total. The summed E-state index contributed by atoms with van der Waals surface area (Å²) in [6, 6.07) is 12.6. The quantitative estimate of drug-likeness (QED) is 0.845. The van der Waals surface area contributed by atoms with E-state index < -0.39 is 0 Å². The van der Waals surface area contributed by atoms with E-state index in [1.807, 2.05) is 19.1 Å². The first-order valence-corrected chi connectivity index (χ1v) is 6.33. The van der Waals surface area contributed by atoms with E-state index in [1.165, 1.54) is 0 Å². The fourth-order valence-corrected chi connectivity index (χ4v) is 1.95. The molecule has 0 aliphatic heterocycles. The third-order valence-corrected chi connectivity index (χ3v) is 3.11. The van der Waals surface area contributed by atoms with Gasteiger partial charge in [-0.15, -0.1) is 0 Å². The third-order valence-electron chi connectivity index (χ3n) is 2.86. The average molecular weight is 275 g/mol. The summed E-state index contributed by atoms with van der Waals surface area (Å²) in [4.78, 5) is 12.0. The molecule has 0 heterocycles. The molecule has 1 amide bonds. The summed E-state index contributed by atoms with van der Waals surface area (Å²) in [5.41, 5.74) is 8.84. The molecule has 2 aromatic rings. The van der Waals surface area contributed by atoms with Crippen LogP contribution in [0.4, 0.5) is 5.69 Å². The van der Waals surface area contributed by atoms with E-state index in [1.54, 1.807) is 30.3 Å². The number of nitrogen functional groups attached to an aromatic ring is 1. The maximum Gasteiger partial charge on any atom is 0.251 e. The Labute approximate surface area is 117 Å². The Balaban J connectivity index is 2.03. The predicted octanol–water partition coefficient (Wildman–Crippen LogP) is 3.16. The molecular formula is C15H15ClN2O. The fourth-order valence-electron chi connectivity index (χ4n) is 1.82. The van der Waals surface area contributed by atoms with E-state index in [-0.39, 0.29) is 5.91 Å². The van der Waals surface area contributed by atoms with Crippen molar-refractivity contribution in [1.29, 1.82) is 0 Å². The van der Waals surface area contributed by atoms with Crippen molar-refractivity contribution in [2.75, 3.05) is 5.73 Å². The van der Waals surface area contributed by atoms with Crippen molar-refractivity contribution < 1.29 is 4.79 Å². The number of carbonyl (C=O) groups excluding carboxylic acids is 1. The van der Waals surface area contributed by atoms with Crippen LogP contribution in [-0.4, -0.2) is 5.91 Å². The first kappa shape index (κ1) is 13.4. The second-order valence-corrected chi connectivity index (χ2v) is 4.82. The first-order valence-electron chi connectivity index (χ1n) is 5.95. The van der Waals surface area contributed by atoms with Crippen molar-refractivity contribution in [2.24, 2.45) is 0 Å². The molecule has 2 rings (SSSR count). The summed E-state index contributed by atoms with van der Waals surface area (Å²) in [6.45, 7) is 2.34. The maximum atomic E-state index is 12.0. The standard InChI is InChI=1S/C15H15ClN2O/c1-10-8-13(17)6-7-14(10)15(19)18-9-11-2-4-12(16)5-3-11/h2-8H,9,17H2,1H3,(H,18,19). The Kier molecular flexibility index (Phi) is 4.07. The van der Waals surface area contributed by atoms with Crippen molar-refractivity contribution in [1.82, 2.24) is 5.32 Å². The summed E-state index contributed by atoms with van der Waals surface area (Å²) >= 11 is 5.81. The van der Waals surface area contributed by atoms with Gasteiger partial charge in [-0.25, -0.2) is 0 Å². The number of aryl methyl sites for hydroxylation is 1. The molecule has 0 bridgehead atoms. The monoisotopic (exact) mass is 274 g/mol. The number of nitrogens with one attached hydrogen (secondary N) is 1. The fraction of sp³-hybridized carbons (Fsp3) is 0.133. The van der Waals surface area contributed by atoms with Gasteiger partial charge in [0.05, 0.1) is 0 Å². The van der Waals surface area contributed by atoms with Gasteiger partial charge in [0.25, 0.3) is 5.91 Å². The molecule has 0 atom stereocenters. The van der Waals surface area contributed by atoms with Crippen molar-refractivity contribution >= 4 is 23.2 Å². The smallest absolute Gasteiger partial charge is 0.251 e. The number of rotatable bonds is 3. The molecule has 0 unspecified atom stereocenters. The number of amides is 1. The number of halogens is 1. The van der Waals surface area contributed by atoms with Crippen LogP contribution in [0.15, 0.2) is 42.5 Å². The van der Waals surface area contributed by atoms with Crippen LogP contribution in [0.2, 0.25) is 5.02 Å². The molecule has 3 nitrogen and oxygen atoms in total. The number of hydrogen-bond donors (Lipinski definition) is 2. The van der Waals surface area contributed by atoms with E-state index in [2.05, 4.69) is 5.32 Å². The number of anilines is 1. The van der Waals surface area contributed by atoms with Crippen LogP contribution in [0.1, 0.15) is 21.5 Å². The number of carbonyl (C=O) groups is 1. The highest BCUT2D eigenvalue weighted by Crippen LogP contribution is 2.13. The van der Waals surface area contributed by atoms with Gasteiger partial charge in [0.15, 0.2) is 0 Å². The van der Waals surface area contributed by atoms with Crippen LogP contribution >= 0.6 is 11.6 Å². The highest BCUT2D eigenvalue weighted by atomic mass is 35.5. The summed E-state index contributed by atoms with van der Waals surface area (Å²) in [6.07, 6.45) is 0. The largest absolute Gasteiger partial charge is 0.399 e. The zero-order valence-corrected chi connectivity index (χ0v) is 11.4. The molecule has 0 fully saturated rings. The van der Waals surface area contributed by atoms with E-state index in [9.17, 15) is 4.79 Å². The van der Waals surface area contributed by atoms with E-state index in [0.717, 1.165) is 11.1 Å². The van der Waals surface area contributed by atoms with Crippen LogP contribution in [0, 0.1) is 6.92 Å². The molecule has 0 aromatic heterocycles. The number of benzene rings is 2. The van der Waals surface area contributed by atoms with Gasteiger partial charge in [-0.3, -0.25) is 4.79 Å². The molecule has 19 heavy (non-hydrogen) atoms. The van der Waals surface area contributed by atoms with Crippen molar-refractivity contribution in [3.8, 4) is 0 Å². The zero-order chi connectivity index (χ0) is 13.8. The van der Waals surface area contributed by atoms with E-state index in [4.69, 9.17) is 17.3 Å². The highest BCUT2D eigenvalue weighted by Gasteiger charge is 2.08. The SMILES string of the molecule is Cc1cc(N)ccc1C(=O)NCc1ccc(Cl)cc1. The topological polar surface area (TPSA) is 55.1 Å². The Bertz CT molecular complexity index is 594. The molecular weight excluding hydrogens is 260 g/mol. The lowest BCUT2D eigenvalue weighted by molar-refractivity contribution is 0.0950. The maximum absolute atomic E-state index is 12.0. The second kappa shape index (κ2) is 5.76. The third kappa shape index (κ3) is 3.48. The molecule has 0 spiro atoms.